The van der Waals surface area contributed by atoms with Crippen LogP contribution >= 0.6 is 22.7 Å². The number of piperazine rings is 2. The Bertz CT molecular complexity index is 2890. The van der Waals surface area contributed by atoms with E-state index in [4.69, 9.17) is 0 Å². The number of aromatic nitrogens is 2. The fourth-order valence-corrected chi connectivity index (χ4v) is 13.8. The van der Waals surface area contributed by atoms with E-state index in [-0.39, 0.29) is 0 Å². The Kier molecular flexibility index (Phi) is 13.8. The lowest BCUT2D eigenvalue weighted by molar-refractivity contribution is 0.384. The highest BCUT2D eigenvalue weighted by Gasteiger charge is 2.34. The number of nitrogens with zero attached hydrogens (tertiary/aromatic N) is 6. The molecule has 10 nitrogen and oxygen atoms in total. The van der Waals surface area contributed by atoms with Gasteiger partial charge in [-0.25, -0.2) is 44.4 Å². The summed E-state index contributed by atoms with van der Waals surface area (Å²) in [6, 6.07) is 11.1. The van der Waals surface area contributed by atoms with Gasteiger partial charge in [0, 0.05) is 80.3 Å². The van der Waals surface area contributed by atoms with Gasteiger partial charge in [-0.15, -0.1) is 22.7 Å². The summed E-state index contributed by atoms with van der Waals surface area (Å²) in [6.07, 6.45) is 0. The van der Waals surface area contributed by atoms with E-state index in [1.807, 2.05) is 77.3 Å². The third kappa shape index (κ3) is 9.49. The van der Waals surface area contributed by atoms with E-state index in [1.54, 1.807) is 15.1 Å². The summed E-state index contributed by atoms with van der Waals surface area (Å²) < 4.78 is 111. The molecule has 2 fully saturated rings. The Morgan fingerprint density at radius 1 is 0.469 bits per heavy atom. The fraction of sp³-hybridized carbons (Fsp3) is 0.348. The second-order valence-corrected chi connectivity index (χ2v) is 21.7. The maximum Gasteiger partial charge on any atom is 0.243 e. The molecule has 64 heavy (non-hydrogen) atoms. The van der Waals surface area contributed by atoms with Crippen LogP contribution in [-0.2, 0) is 20.0 Å². The molecule has 0 amide bonds. The predicted octanol–water partition coefficient (Wildman–Crippen LogP) is 9.67. The molecule has 0 unspecified atom stereocenters. The number of halogens is 4. The summed E-state index contributed by atoms with van der Waals surface area (Å²) in [5, 5.41) is 5.00. The molecule has 4 heterocycles. The number of aryl methyl sites for hydroxylation is 4. The van der Waals surface area contributed by atoms with Crippen LogP contribution in [0.1, 0.15) is 44.5 Å². The molecule has 340 valence electrons. The highest BCUT2D eigenvalue weighted by molar-refractivity contribution is 7.89. The van der Waals surface area contributed by atoms with Gasteiger partial charge in [0.25, 0.3) is 0 Å². The summed E-state index contributed by atoms with van der Waals surface area (Å²) in [4.78, 5) is 14.0. The summed E-state index contributed by atoms with van der Waals surface area (Å²) in [6.45, 7) is 18.6. The van der Waals surface area contributed by atoms with Crippen molar-refractivity contribution < 1.29 is 34.4 Å². The van der Waals surface area contributed by atoms with Crippen molar-refractivity contribution in [2.75, 3.05) is 62.2 Å². The topological polar surface area (TPSA) is 107 Å². The average Bonchev–Trinajstić information content (AvgIpc) is 3.95. The molecule has 0 bridgehead atoms. The Morgan fingerprint density at radius 3 is 1.22 bits per heavy atom. The smallest absolute Gasteiger partial charge is 0.243 e. The molecular weight excluding hydrogens is 905 g/mol. The molecule has 0 saturated carbocycles. The van der Waals surface area contributed by atoms with Gasteiger partial charge in [-0.3, -0.25) is 0 Å². The zero-order valence-corrected chi connectivity index (χ0v) is 40.2. The molecule has 0 atom stereocenters. The Morgan fingerprint density at radius 2 is 0.844 bits per heavy atom. The summed E-state index contributed by atoms with van der Waals surface area (Å²) in [5.41, 5.74) is 9.02. The molecular formula is C46H50F4N6O4S4. The Balaban J connectivity index is 0.000000191. The molecule has 6 aromatic rings. The van der Waals surface area contributed by atoms with Gasteiger partial charge in [-0.1, -0.05) is 12.1 Å². The third-order valence-electron chi connectivity index (χ3n) is 12.2. The van der Waals surface area contributed by atoms with Crippen molar-refractivity contribution in [3.05, 3.63) is 127 Å². The number of hydrogen-bond donors (Lipinski definition) is 0. The lowest BCUT2D eigenvalue weighted by Gasteiger charge is -2.34. The molecule has 2 saturated heterocycles. The van der Waals surface area contributed by atoms with Crippen LogP contribution in [0, 0.1) is 78.7 Å². The second kappa shape index (κ2) is 18.6. The van der Waals surface area contributed by atoms with E-state index >= 15 is 0 Å². The largest absolute Gasteiger partial charge is 0.345 e. The maximum absolute atomic E-state index is 13.6. The van der Waals surface area contributed by atoms with Crippen molar-refractivity contribution in [3.63, 3.8) is 0 Å². The van der Waals surface area contributed by atoms with E-state index in [0.717, 1.165) is 67.8 Å². The minimum absolute atomic E-state index is 0.345. The molecule has 2 aliphatic heterocycles. The van der Waals surface area contributed by atoms with Gasteiger partial charge in [0.1, 0.15) is 11.6 Å². The number of benzene rings is 4. The van der Waals surface area contributed by atoms with E-state index in [0.29, 0.717) is 89.8 Å². The van der Waals surface area contributed by atoms with Crippen LogP contribution in [0.2, 0.25) is 0 Å². The van der Waals surface area contributed by atoms with Crippen molar-refractivity contribution in [2.45, 2.75) is 65.2 Å². The van der Waals surface area contributed by atoms with Crippen molar-refractivity contribution in [3.8, 4) is 22.5 Å². The quantitative estimate of drug-likeness (QED) is 0.139. The van der Waals surface area contributed by atoms with Crippen LogP contribution < -0.4 is 9.80 Å². The van der Waals surface area contributed by atoms with E-state index < -0.39 is 43.3 Å². The van der Waals surface area contributed by atoms with Gasteiger partial charge in [0.2, 0.25) is 20.0 Å². The van der Waals surface area contributed by atoms with Gasteiger partial charge in [-0.2, -0.15) is 8.61 Å². The molecule has 8 rings (SSSR count). The standard InChI is InChI=1S/2C23H25F2N3O2S2/c1-14-9-15(2)17(4)22(16(14)3)32(29,30)28-7-5-27(6-8-28)23-26-21(13-31-23)18-10-19(24)12-20(25)11-18;1-14-11-15(2)17(4)22(16(14)3)32(29,30)28-9-7-27(8-10-28)23-26-21(13-31-23)18-5-6-19(24)20(25)12-18/h9-13H,5-8H2,1-4H3;5-6,11-13H,7-10H2,1-4H3. The number of sulfonamides is 2. The molecule has 0 radical (unpaired) electrons. The first-order valence-electron chi connectivity index (χ1n) is 20.6. The first kappa shape index (κ1) is 47.2. The van der Waals surface area contributed by atoms with E-state index in [9.17, 15) is 34.4 Å². The molecule has 0 N–H and O–H groups in total. The average molecular weight is 955 g/mol. The summed E-state index contributed by atoms with van der Waals surface area (Å²) in [5.74, 6) is -3.10. The lowest BCUT2D eigenvalue weighted by atomic mass is 10.0. The minimum Gasteiger partial charge on any atom is -0.345 e. The van der Waals surface area contributed by atoms with Crippen molar-refractivity contribution in [2.24, 2.45) is 0 Å². The fourth-order valence-electron chi connectivity index (χ4n) is 8.07. The van der Waals surface area contributed by atoms with E-state index in [2.05, 4.69) is 9.97 Å². The van der Waals surface area contributed by atoms with Crippen molar-refractivity contribution in [1.29, 1.82) is 0 Å². The second-order valence-electron chi connectivity index (χ2n) is 16.3. The van der Waals surface area contributed by atoms with Crippen LogP contribution in [0.5, 0.6) is 0 Å². The normalized spacial score (nSPS) is 15.4. The Hall–Kier alpha value is -4.72. The van der Waals surface area contributed by atoms with Crippen LogP contribution in [-0.4, -0.2) is 87.8 Å². The summed E-state index contributed by atoms with van der Waals surface area (Å²) in [7, 11) is -7.22. The number of anilines is 2. The predicted molar refractivity (Wildman–Crippen MR) is 248 cm³/mol. The molecule has 0 aliphatic carbocycles. The van der Waals surface area contributed by atoms with Gasteiger partial charge in [-0.05, 0) is 130 Å². The highest BCUT2D eigenvalue weighted by atomic mass is 32.2. The Labute approximate surface area is 380 Å². The minimum atomic E-state index is -3.61. The SMILES string of the molecule is Cc1cc(C)c(C)c(S(=O)(=O)N2CCN(c3nc(-c4cc(F)cc(F)c4)cs3)CC2)c1C.Cc1cc(C)c(C)c(S(=O)(=O)N2CCN(c3nc(-c4ccc(F)c(F)c4)cs3)CC2)c1C. The molecule has 4 aromatic carbocycles. The maximum atomic E-state index is 13.6. The zero-order chi connectivity index (χ0) is 46.4. The van der Waals surface area contributed by atoms with Crippen LogP contribution in [0.15, 0.2) is 69.1 Å². The summed E-state index contributed by atoms with van der Waals surface area (Å²) >= 11 is 2.78. The van der Waals surface area contributed by atoms with Crippen molar-refractivity contribution in [1.82, 2.24) is 18.6 Å². The molecule has 2 aromatic heterocycles. The van der Waals surface area contributed by atoms with Crippen molar-refractivity contribution >= 4 is 53.0 Å². The number of thiazole rings is 2. The van der Waals surface area contributed by atoms with Crippen LogP contribution in [0.3, 0.4) is 0 Å². The zero-order valence-electron chi connectivity index (χ0n) is 36.9. The van der Waals surface area contributed by atoms with Gasteiger partial charge < -0.3 is 9.80 Å². The lowest BCUT2D eigenvalue weighted by Crippen LogP contribution is -2.49. The molecule has 0 spiro atoms. The van der Waals surface area contributed by atoms with E-state index in [1.165, 1.54) is 45.2 Å². The molecule has 2 aliphatic rings. The van der Waals surface area contributed by atoms with Crippen LogP contribution in [0.4, 0.5) is 27.8 Å². The van der Waals surface area contributed by atoms with Crippen LogP contribution in [0.25, 0.3) is 22.5 Å². The van der Waals surface area contributed by atoms with Gasteiger partial charge >= 0.3 is 0 Å². The molecule has 18 heteroatoms. The van der Waals surface area contributed by atoms with Gasteiger partial charge in [0.05, 0.1) is 21.2 Å². The first-order chi connectivity index (χ1) is 30.2. The monoisotopic (exact) mass is 954 g/mol. The first-order valence-corrected chi connectivity index (χ1v) is 25.3. The number of hydrogen-bond acceptors (Lipinski definition) is 10. The number of rotatable bonds is 8. The highest BCUT2D eigenvalue weighted by Crippen LogP contribution is 2.34. The van der Waals surface area contributed by atoms with Gasteiger partial charge in [0.15, 0.2) is 21.9 Å². The third-order valence-corrected chi connectivity index (χ3v) is 18.3.